The van der Waals surface area contributed by atoms with Gasteiger partial charge >= 0.3 is 0 Å². The van der Waals surface area contributed by atoms with Gasteiger partial charge in [0.05, 0.1) is 6.10 Å². The summed E-state index contributed by atoms with van der Waals surface area (Å²) in [5, 5.41) is 0. The number of nitrogens with two attached hydrogens (primary N) is 1. The van der Waals surface area contributed by atoms with Crippen LogP contribution in [0.15, 0.2) is 28.7 Å². The van der Waals surface area contributed by atoms with Gasteiger partial charge in [-0.15, -0.1) is 0 Å². The Bertz CT molecular complexity index is 299. The largest absolute Gasteiger partial charge is 0.377 e. The second-order valence-electron chi connectivity index (χ2n) is 3.90. The Kier molecular flexibility index (Phi) is 6.03. The summed E-state index contributed by atoms with van der Waals surface area (Å²) in [6, 6.07) is 8.37. The zero-order chi connectivity index (χ0) is 12.0. The number of rotatable bonds is 6. The van der Waals surface area contributed by atoms with Crippen LogP contribution in [0.4, 0.5) is 0 Å². The zero-order valence-electron chi connectivity index (χ0n) is 9.95. The maximum atomic E-state index is 6.15. The average molecular weight is 286 g/mol. The summed E-state index contributed by atoms with van der Waals surface area (Å²) in [6.07, 6.45) is 1.99. The summed E-state index contributed by atoms with van der Waals surface area (Å²) in [4.78, 5) is 0. The molecule has 90 valence electrons. The predicted molar refractivity (Wildman–Crippen MR) is 71.5 cm³/mol. The van der Waals surface area contributed by atoms with Crippen LogP contribution in [0.3, 0.4) is 0 Å². The van der Waals surface area contributed by atoms with Gasteiger partial charge in [0.25, 0.3) is 0 Å². The van der Waals surface area contributed by atoms with Crippen molar-refractivity contribution in [2.45, 2.75) is 38.8 Å². The third kappa shape index (κ3) is 4.24. The maximum Gasteiger partial charge on any atom is 0.0726 e. The molecule has 2 atom stereocenters. The molecule has 1 aromatic rings. The molecule has 1 rings (SSSR count). The normalized spacial score (nSPS) is 14.8. The van der Waals surface area contributed by atoms with Crippen molar-refractivity contribution < 1.29 is 4.74 Å². The van der Waals surface area contributed by atoms with Crippen molar-refractivity contribution in [3.05, 3.63) is 34.3 Å². The monoisotopic (exact) mass is 285 g/mol. The van der Waals surface area contributed by atoms with Crippen molar-refractivity contribution in [2.75, 3.05) is 6.61 Å². The van der Waals surface area contributed by atoms with Crippen LogP contribution in [0.1, 0.15) is 25.8 Å². The minimum atomic E-state index is 0.0751. The van der Waals surface area contributed by atoms with Gasteiger partial charge in [-0.3, -0.25) is 0 Å². The Hall–Kier alpha value is -0.380. The van der Waals surface area contributed by atoms with E-state index in [1.54, 1.807) is 0 Å². The number of hydrogen-bond donors (Lipinski definition) is 1. The topological polar surface area (TPSA) is 35.2 Å². The number of ether oxygens (including phenoxy) is 1. The van der Waals surface area contributed by atoms with E-state index < -0.39 is 0 Å². The molecule has 0 aliphatic carbocycles. The molecule has 0 aromatic heterocycles. The van der Waals surface area contributed by atoms with Crippen LogP contribution >= 0.6 is 15.9 Å². The highest BCUT2D eigenvalue weighted by Gasteiger charge is 2.16. The summed E-state index contributed by atoms with van der Waals surface area (Å²) >= 11 is 3.42. The van der Waals surface area contributed by atoms with E-state index in [9.17, 15) is 0 Å². The van der Waals surface area contributed by atoms with Gasteiger partial charge < -0.3 is 10.5 Å². The smallest absolute Gasteiger partial charge is 0.0726 e. The first kappa shape index (κ1) is 13.7. The van der Waals surface area contributed by atoms with Gasteiger partial charge in [0.15, 0.2) is 0 Å². The fraction of sp³-hybridized carbons (Fsp3) is 0.538. The Morgan fingerprint density at radius 3 is 2.38 bits per heavy atom. The van der Waals surface area contributed by atoms with Crippen LogP contribution in [-0.2, 0) is 11.2 Å². The molecule has 2 N–H and O–H groups in total. The molecule has 0 aliphatic heterocycles. The van der Waals surface area contributed by atoms with Crippen LogP contribution in [0, 0.1) is 0 Å². The Morgan fingerprint density at radius 2 is 1.88 bits per heavy atom. The summed E-state index contributed by atoms with van der Waals surface area (Å²) in [5.41, 5.74) is 7.41. The van der Waals surface area contributed by atoms with Gasteiger partial charge in [0.2, 0.25) is 0 Å². The second kappa shape index (κ2) is 7.05. The van der Waals surface area contributed by atoms with Gasteiger partial charge in [-0.1, -0.05) is 35.0 Å². The fourth-order valence-corrected chi connectivity index (χ4v) is 2.05. The highest BCUT2D eigenvalue weighted by Crippen LogP contribution is 2.14. The van der Waals surface area contributed by atoms with E-state index in [0.717, 1.165) is 23.9 Å². The highest BCUT2D eigenvalue weighted by molar-refractivity contribution is 9.10. The molecule has 16 heavy (non-hydrogen) atoms. The van der Waals surface area contributed by atoms with Crippen LogP contribution in [-0.4, -0.2) is 18.8 Å². The van der Waals surface area contributed by atoms with Crippen molar-refractivity contribution in [1.29, 1.82) is 0 Å². The molecule has 0 saturated heterocycles. The molecule has 3 heteroatoms. The molecule has 2 unspecified atom stereocenters. The standard InChI is InChI=1S/C13H20BrNO/c1-3-13(16-4-2)12(15)9-10-5-7-11(14)8-6-10/h5-8,12-13H,3-4,9,15H2,1-2H3. The lowest BCUT2D eigenvalue weighted by atomic mass is 10.0. The molecule has 0 spiro atoms. The van der Waals surface area contributed by atoms with Crippen LogP contribution in [0.5, 0.6) is 0 Å². The SMILES string of the molecule is CCOC(CC)C(N)Cc1ccc(Br)cc1. The predicted octanol–water partition coefficient (Wildman–Crippen LogP) is 3.13. The van der Waals surface area contributed by atoms with Crippen molar-refractivity contribution >= 4 is 15.9 Å². The Balaban J connectivity index is 2.55. The molecule has 2 nitrogen and oxygen atoms in total. The molecule has 0 amide bonds. The maximum absolute atomic E-state index is 6.15. The third-order valence-corrected chi connectivity index (χ3v) is 3.17. The lowest BCUT2D eigenvalue weighted by Crippen LogP contribution is -2.38. The summed E-state index contributed by atoms with van der Waals surface area (Å²) < 4.78 is 6.71. The highest BCUT2D eigenvalue weighted by atomic mass is 79.9. The van der Waals surface area contributed by atoms with E-state index in [-0.39, 0.29) is 12.1 Å². The molecule has 1 aromatic carbocycles. The Morgan fingerprint density at radius 1 is 1.25 bits per heavy atom. The van der Waals surface area contributed by atoms with Crippen molar-refractivity contribution in [3.8, 4) is 0 Å². The van der Waals surface area contributed by atoms with Gasteiger partial charge in [0, 0.05) is 17.1 Å². The van der Waals surface area contributed by atoms with E-state index in [4.69, 9.17) is 10.5 Å². The first-order valence-electron chi connectivity index (χ1n) is 5.79. The second-order valence-corrected chi connectivity index (χ2v) is 4.81. The van der Waals surface area contributed by atoms with Crippen molar-refractivity contribution in [2.24, 2.45) is 5.73 Å². The molecule has 0 fully saturated rings. The van der Waals surface area contributed by atoms with Gasteiger partial charge in [0.1, 0.15) is 0 Å². The van der Waals surface area contributed by atoms with E-state index in [0.29, 0.717) is 0 Å². The lowest BCUT2D eigenvalue weighted by molar-refractivity contribution is 0.0417. The fourth-order valence-electron chi connectivity index (χ4n) is 1.78. The molecule has 0 radical (unpaired) electrons. The van der Waals surface area contributed by atoms with Crippen molar-refractivity contribution in [1.82, 2.24) is 0 Å². The zero-order valence-corrected chi connectivity index (χ0v) is 11.5. The molecular weight excluding hydrogens is 266 g/mol. The first-order chi connectivity index (χ1) is 7.67. The van der Waals surface area contributed by atoms with Crippen molar-refractivity contribution in [3.63, 3.8) is 0 Å². The van der Waals surface area contributed by atoms with Crippen LogP contribution < -0.4 is 5.73 Å². The number of benzene rings is 1. The number of halogens is 1. The number of hydrogen-bond acceptors (Lipinski definition) is 2. The summed E-state index contributed by atoms with van der Waals surface area (Å²) in [6.45, 7) is 4.85. The quantitative estimate of drug-likeness (QED) is 0.872. The molecule has 0 aliphatic rings. The van der Waals surface area contributed by atoms with E-state index >= 15 is 0 Å². The first-order valence-corrected chi connectivity index (χ1v) is 6.58. The van der Waals surface area contributed by atoms with Gasteiger partial charge in [-0.05, 0) is 37.5 Å². The Labute approximate surface area is 106 Å². The minimum Gasteiger partial charge on any atom is -0.377 e. The average Bonchev–Trinajstić information content (AvgIpc) is 2.29. The van der Waals surface area contributed by atoms with E-state index in [1.165, 1.54) is 5.56 Å². The van der Waals surface area contributed by atoms with Gasteiger partial charge in [-0.2, -0.15) is 0 Å². The molecule has 0 heterocycles. The molecular formula is C13H20BrNO. The van der Waals surface area contributed by atoms with Crippen LogP contribution in [0.2, 0.25) is 0 Å². The molecule has 0 saturated carbocycles. The minimum absolute atomic E-state index is 0.0751. The third-order valence-electron chi connectivity index (χ3n) is 2.65. The lowest BCUT2D eigenvalue weighted by Gasteiger charge is -2.22. The summed E-state index contributed by atoms with van der Waals surface area (Å²) in [7, 11) is 0. The van der Waals surface area contributed by atoms with E-state index in [2.05, 4.69) is 35.0 Å². The van der Waals surface area contributed by atoms with Gasteiger partial charge in [-0.25, -0.2) is 0 Å². The molecule has 0 bridgehead atoms. The van der Waals surface area contributed by atoms with Crippen LogP contribution in [0.25, 0.3) is 0 Å². The van der Waals surface area contributed by atoms with E-state index in [1.807, 2.05) is 19.1 Å². The summed E-state index contributed by atoms with van der Waals surface area (Å²) in [5.74, 6) is 0.